The molecule has 9 nitrogen and oxygen atoms in total. The van der Waals surface area contributed by atoms with E-state index in [1.165, 1.54) is 5.56 Å². The first-order valence-electron chi connectivity index (χ1n) is 12.3. The van der Waals surface area contributed by atoms with Crippen molar-refractivity contribution in [1.29, 1.82) is 0 Å². The molecule has 0 saturated carbocycles. The summed E-state index contributed by atoms with van der Waals surface area (Å²) < 4.78 is 12.9. The van der Waals surface area contributed by atoms with E-state index >= 15 is 0 Å². The van der Waals surface area contributed by atoms with E-state index in [2.05, 4.69) is 15.0 Å². The van der Waals surface area contributed by atoms with Crippen molar-refractivity contribution in [2.75, 3.05) is 19.7 Å². The van der Waals surface area contributed by atoms with Crippen LogP contribution in [0.25, 0.3) is 27.8 Å². The normalized spacial score (nSPS) is 14.9. The molecule has 0 spiro atoms. The van der Waals surface area contributed by atoms with Crippen LogP contribution in [0.3, 0.4) is 0 Å². The van der Waals surface area contributed by atoms with Gasteiger partial charge in [-0.3, -0.25) is 14.5 Å². The van der Waals surface area contributed by atoms with Gasteiger partial charge in [0, 0.05) is 36.9 Å². The van der Waals surface area contributed by atoms with Crippen molar-refractivity contribution >= 4 is 28.2 Å². The highest BCUT2D eigenvalue weighted by Gasteiger charge is 2.28. The van der Waals surface area contributed by atoms with E-state index in [0.717, 1.165) is 23.7 Å². The zero-order valence-electron chi connectivity index (χ0n) is 21.1. The topological polar surface area (TPSA) is 102 Å². The van der Waals surface area contributed by atoms with Crippen molar-refractivity contribution in [3.63, 3.8) is 0 Å². The molecule has 5 rings (SSSR count). The molecule has 1 saturated heterocycles. The van der Waals surface area contributed by atoms with Crippen LogP contribution < -0.4 is 10.4 Å². The number of ether oxygens (including phenoxy) is 2. The van der Waals surface area contributed by atoms with Crippen molar-refractivity contribution in [2.45, 2.75) is 52.1 Å². The van der Waals surface area contributed by atoms with Crippen LogP contribution in [0.2, 0.25) is 0 Å². The Balaban J connectivity index is 1.49. The van der Waals surface area contributed by atoms with E-state index in [1.807, 2.05) is 58.2 Å². The van der Waals surface area contributed by atoms with Gasteiger partial charge in [0.1, 0.15) is 16.9 Å². The van der Waals surface area contributed by atoms with Crippen molar-refractivity contribution < 1.29 is 14.3 Å². The number of imidazole rings is 1. The first kappa shape index (κ1) is 23.8. The highest BCUT2D eigenvalue weighted by molar-refractivity contribution is 5.86. The van der Waals surface area contributed by atoms with E-state index in [4.69, 9.17) is 9.47 Å². The van der Waals surface area contributed by atoms with Crippen molar-refractivity contribution in [3.05, 3.63) is 58.8 Å². The Morgan fingerprint density at radius 3 is 2.58 bits per heavy atom. The molecule has 188 valence electrons. The number of benzene rings is 1. The highest BCUT2D eigenvalue weighted by Crippen LogP contribution is 2.34. The second-order valence-corrected chi connectivity index (χ2v) is 10.0. The molecule has 0 unspecified atom stereocenters. The van der Waals surface area contributed by atoms with Gasteiger partial charge in [-0.25, -0.2) is 14.6 Å². The van der Waals surface area contributed by atoms with Gasteiger partial charge in [0.25, 0.3) is 0 Å². The lowest BCUT2D eigenvalue weighted by Crippen LogP contribution is -2.41. The molecule has 0 bridgehead atoms. The monoisotopic (exact) mass is 489 g/mol. The number of amides is 1. The molecule has 0 atom stereocenters. The van der Waals surface area contributed by atoms with Gasteiger partial charge < -0.3 is 14.4 Å². The molecule has 1 aromatic carbocycles. The molecule has 1 amide bonds. The molecule has 1 fully saturated rings. The van der Waals surface area contributed by atoms with Crippen LogP contribution >= 0.6 is 0 Å². The van der Waals surface area contributed by atoms with Crippen LogP contribution in [-0.4, -0.2) is 55.8 Å². The number of likely N-dealkylation sites (tertiary alicyclic amines) is 1. The minimum absolute atomic E-state index is 0.264. The Morgan fingerprint density at radius 2 is 1.86 bits per heavy atom. The van der Waals surface area contributed by atoms with Crippen molar-refractivity contribution in [1.82, 2.24) is 24.4 Å². The summed E-state index contributed by atoms with van der Waals surface area (Å²) in [7, 11) is 0. The predicted octanol–water partition coefficient (Wildman–Crippen LogP) is 4.78. The summed E-state index contributed by atoms with van der Waals surface area (Å²) in [6.45, 7) is 9.29. The Kier molecular flexibility index (Phi) is 6.15. The molecule has 1 aliphatic heterocycles. The third-order valence-electron chi connectivity index (χ3n) is 6.44. The van der Waals surface area contributed by atoms with Gasteiger partial charge >= 0.3 is 11.8 Å². The third-order valence-corrected chi connectivity index (χ3v) is 6.44. The summed E-state index contributed by atoms with van der Waals surface area (Å²) in [5, 5.41) is 0.994. The molecule has 36 heavy (non-hydrogen) atoms. The summed E-state index contributed by atoms with van der Waals surface area (Å²) in [4.78, 5) is 39.0. The van der Waals surface area contributed by atoms with Gasteiger partial charge in [0.15, 0.2) is 5.65 Å². The Bertz CT molecular complexity index is 1480. The number of nitrogens with zero attached hydrogens (tertiary/aromatic N) is 4. The van der Waals surface area contributed by atoms with Gasteiger partial charge in [0.2, 0.25) is 0 Å². The number of aromatic nitrogens is 4. The number of hydrogen-bond donors (Lipinski definition) is 1. The van der Waals surface area contributed by atoms with Crippen molar-refractivity contribution in [3.8, 4) is 11.4 Å². The van der Waals surface area contributed by atoms with E-state index in [0.29, 0.717) is 42.3 Å². The molecular weight excluding hydrogens is 458 g/mol. The Labute approximate surface area is 209 Å². The fourth-order valence-corrected chi connectivity index (χ4v) is 4.87. The number of nitrogens with one attached hydrogen (secondary N) is 1. The van der Waals surface area contributed by atoms with E-state index in [9.17, 15) is 9.59 Å². The zero-order chi connectivity index (χ0) is 25.4. The lowest BCUT2D eigenvalue weighted by atomic mass is 9.87. The van der Waals surface area contributed by atoms with Gasteiger partial charge in [-0.05, 0) is 76.3 Å². The minimum atomic E-state index is -0.510. The van der Waals surface area contributed by atoms with E-state index in [1.54, 1.807) is 21.7 Å². The van der Waals surface area contributed by atoms with E-state index < -0.39 is 5.60 Å². The largest absolute Gasteiger partial charge is 0.491 e. The SMILES string of the molecule is CCOc1ccnc2[nH]c(=O)n(-c3ccc4nccc(C5CCN(C(=O)OC(C)(C)C)CC5)c4c3)c12. The second kappa shape index (κ2) is 9.29. The summed E-state index contributed by atoms with van der Waals surface area (Å²) in [6.07, 6.45) is 4.84. The number of rotatable bonds is 4. The second-order valence-electron chi connectivity index (χ2n) is 10.0. The minimum Gasteiger partial charge on any atom is -0.491 e. The third kappa shape index (κ3) is 4.53. The maximum Gasteiger partial charge on any atom is 0.410 e. The predicted molar refractivity (Wildman–Crippen MR) is 138 cm³/mol. The lowest BCUT2D eigenvalue weighted by molar-refractivity contribution is 0.0205. The van der Waals surface area contributed by atoms with Crippen LogP contribution in [0.4, 0.5) is 4.79 Å². The number of aromatic amines is 1. The average Bonchev–Trinajstić information content (AvgIpc) is 3.19. The molecule has 0 radical (unpaired) electrons. The van der Waals surface area contributed by atoms with Crippen molar-refractivity contribution in [2.24, 2.45) is 0 Å². The van der Waals surface area contributed by atoms with Crippen LogP contribution in [0, 0.1) is 0 Å². The standard InChI is InChI=1S/C27H31N5O4/c1-5-35-22-9-13-29-24-23(22)32(25(33)30-24)18-6-7-21-20(16-18)19(8-12-28-21)17-10-14-31(15-11-17)26(34)36-27(2,3)4/h6-9,12-13,16-17H,5,10-11,14-15H2,1-4H3,(H,29,30,33). The number of carbonyl (C=O) groups excluding carboxylic acids is 1. The first-order chi connectivity index (χ1) is 17.2. The van der Waals surface area contributed by atoms with Crippen LogP contribution in [-0.2, 0) is 4.74 Å². The molecule has 3 aromatic heterocycles. The summed E-state index contributed by atoms with van der Waals surface area (Å²) in [6, 6.07) is 9.65. The van der Waals surface area contributed by atoms with Crippen LogP contribution in [0.5, 0.6) is 5.75 Å². The van der Waals surface area contributed by atoms with Crippen LogP contribution in [0.1, 0.15) is 52.0 Å². The average molecular weight is 490 g/mol. The molecule has 4 aromatic rings. The summed E-state index contributed by atoms with van der Waals surface area (Å²) >= 11 is 0. The molecule has 0 aliphatic carbocycles. The number of hydrogen-bond acceptors (Lipinski definition) is 6. The quantitative estimate of drug-likeness (QED) is 0.443. The number of pyridine rings is 2. The fourth-order valence-electron chi connectivity index (χ4n) is 4.87. The number of fused-ring (bicyclic) bond motifs is 2. The number of H-pyrrole nitrogens is 1. The zero-order valence-corrected chi connectivity index (χ0v) is 21.1. The van der Waals surface area contributed by atoms with Gasteiger partial charge in [-0.2, -0.15) is 0 Å². The first-order valence-corrected chi connectivity index (χ1v) is 12.3. The summed E-state index contributed by atoms with van der Waals surface area (Å²) in [5.41, 5.74) is 3.05. The molecule has 1 aliphatic rings. The lowest BCUT2D eigenvalue weighted by Gasteiger charge is -2.34. The highest BCUT2D eigenvalue weighted by atomic mass is 16.6. The number of carbonyl (C=O) groups is 1. The maximum absolute atomic E-state index is 13.0. The van der Waals surface area contributed by atoms with Crippen LogP contribution in [0.15, 0.2) is 47.5 Å². The Morgan fingerprint density at radius 1 is 1.11 bits per heavy atom. The maximum atomic E-state index is 13.0. The molecular formula is C27H31N5O4. The fraction of sp³-hybridized carbons (Fsp3) is 0.407. The van der Waals surface area contributed by atoms with Gasteiger partial charge in [0.05, 0.1) is 17.8 Å². The molecule has 1 N–H and O–H groups in total. The smallest absolute Gasteiger partial charge is 0.410 e. The molecule has 4 heterocycles. The van der Waals surface area contributed by atoms with Gasteiger partial charge in [-0.1, -0.05) is 0 Å². The summed E-state index contributed by atoms with van der Waals surface area (Å²) in [5.74, 6) is 0.867. The van der Waals surface area contributed by atoms with E-state index in [-0.39, 0.29) is 17.7 Å². The number of piperidine rings is 1. The molecule has 9 heteroatoms. The van der Waals surface area contributed by atoms with Gasteiger partial charge in [-0.15, -0.1) is 0 Å². The Hall–Kier alpha value is -3.88.